The van der Waals surface area contributed by atoms with E-state index in [4.69, 9.17) is 0 Å². The summed E-state index contributed by atoms with van der Waals surface area (Å²) in [6.45, 7) is 9.07. The summed E-state index contributed by atoms with van der Waals surface area (Å²) in [5, 5.41) is 4.71. The predicted octanol–water partition coefficient (Wildman–Crippen LogP) is 5.31. The van der Waals surface area contributed by atoms with E-state index in [1.807, 2.05) is 6.20 Å². The molecule has 1 heterocycles. The van der Waals surface area contributed by atoms with E-state index in [1.165, 1.54) is 50.7 Å². The summed E-state index contributed by atoms with van der Waals surface area (Å²) < 4.78 is 1.02. The number of fused-ring (bicyclic) bond motifs is 1. The average molecular weight is 378 g/mol. The van der Waals surface area contributed by atoms with Crippen LogP contribution in [0, 0.1) is 0 Å². The van der Waals surface area contributed by atoms with Crippen molar-refractivity contribution in [3.63, 3.8) is 0 Å². The Balaban J connectivity index is 1.71. The Hall–Kier alpha value is -1.13. The van der Waals surface area contributed by atoms with Gasteiger partial charge in [0.25, 0.3) is 0 Å². The summed E-state index contributed by atoms with van der Waals surface area (Å²) in [6.07, 6.45) is 6.99. The van der Waals surface area contributed by atoms with Crippen molar-refractivity contribution in [3.8, 4) is 0 Å². The lowest BCUT2D eigenvalue weighted by atomic mass is 10.1. The van der Waals surface area contributed by atoms with Gasteiger partial charge in [-0.3, -0.25) is 4.98 Å². The minimum absolute atomic E-state index is 1.02. The molecule has 0 radical (unpaired) electrons. The summed E-state index contributed by atoms with van der Waals surface area (Å²) in [7, 11) is 0. The molecular formula is C19H28BrN3. The van der Waals surface area contributed by atoms with Crippen LogP contribution < -0.4 is 5.32 Å². The number of nitrogens with one attached hydrogen (secondary N) is 1. The second kappa shape index (κ2) is 9.89. The Kier molecular flexibility index (Phi) is 7.83. The number of unbranched alkanes of at least 4 members (excludes halogenated alkanes) is 3. The van der Waals surface area contributed by atoms with Crippen molar-refractivity contribution in [1.29, 1.82) is 0 Å². The number of anilines is 1. The fourth-order valence-electron chi connectivity index (χ4n) is 2.85. The number of para-hydroxylation sites is 1. The maximum absolute atomic E-state index is 4.53. The summed E-state index contributed by atoms with van der Waals surface area (Å²) >= 11 is 3.48. The predicted molar refractivity (Wildman–Crippen MR) is 104 cm³/mol. The fraction of sp³-hybridized carbons (Fsp3) is 0.526. The van der Waals surface area contributed by atoms with Gasteiger partial charge in [0, 0.05) is 22.6 Å². The largest absolute Gasteiger partial charge is 0.383 e. The summed E-state index contributed by atoms with van der Waals surface area (Å²) in [5.74, 6) is 0. The lowest BCUT2D eigenvalue weighted by molar-refractivity contribution is 0.295. The number of benzene rings is 1. The van der Waals surface area contributed by atoms with Crippen molar-refractivity contribution >= 4 is 32.5 Å². The Morgan fingerprint density at radius 3 is 2.65 bits per heavy atom. The number of rotatable bonds is 10. The molecule has 0 aliphatic carbocycles. The van der Waals surface area contributed by atoms with Crippen LogP contribution in [0.3, 0.4) is 0 Å². The summed E-state index contributed by atoms with van der Waals surface area (Å²) in [5.41, 5.74) is 2.19. The van der Waals surface area contributed by atoms with Crippen molar-refractivity contribution in [2.45, 2.75) is 39.5 Å². The number of pyridine rings is 1. The molecule has 126 valence electrons. The standard InChI is InChI=1S/C19H28BrN3/c1-3-23(4-2)13-8-6-5-7-12-21-18-11-9-10-16-14-17(20)15-22-19(16)18/h9-11,14-15,21H,3-8,12-13H2,1-2H3. The van der Waals surface area contributed by atoms with Gasteiger partial charge < -0.3 is 10.2 Å². The van der Waals surface area contributed by atoms with Crippen LogP contribution in [0.2, 0.25) is 0 Å². The lowest BCUT2D eigenvalue weighted by Gasteiger charge is -2.17. The van der Waals surface area contributed by atoms with E-state index in [9.17, 15) is 0 Å². The minimum Gasteiger partial charge on any atom is -0.383 e. The second-order valence-electron chi connectivity index (χ2n) is 5.90. The van der Waals surface area contributed by atoms with Gasteiger partial charge >= 0.3 is 0 Å². The van der Waals surface area contributed by atoms with Gasteiger partial charge in [0.1, 0.15) is 0 Å². The van der Waals surface area contributed by atoms with E-state index >= 15 is 0 Å². The van der Waals surface area contributed by atoms with Crippen molar-refractivity contribution in [2.24, 2.45) is 0 Å². The molecular weight excluding hydrogens is 350 g/mol. The smallest absolute Gasteiger partial charge is 0.0934 e. The van der Waals surface area contributed by atoms with Gasteiger partial charge in [-0.15, -0.1) is 0 Å². The Bertz CT molecular complexity index is 596. The summed E-state index contributed by atoms with van der Waals surface area (Å²) in [6, 6.07) is 8.42. The van der Waals surface area contributed by atoms with Gasteiger partial charge in [-0.25, -0.2) is 0 Å². The molecule has 2 aromatic rings. The molecule has 0 amide bonds. The Morgan fingerprint density at radius 1 is 1.09 bits per heavy atom. The normalized spacial score (nSPS) is 11.3. The van der Waals surface area contributed by atoms with Crippen molar-refractivity contribution in [2.75, 3.05) is 31.5 Å². The number of halogens is 1. The minimum atomic E-state index is 1.02. The maximum atomic E-state index is 4.53. The number of hydrogen-bond acceptors (Lipinski definition) is 3. The molecule has 2 rings (SSSR count). The van der Waals surface area contributed by atoms with Gasteiger partial charge in [-0.05, 0) is 60.5 Å². The third kappa shape index (κ3) is 5.78. The van der Waals surface area contributed by atoms with Gasteiger partial charge in [-0.1, -0.05) is 38.8 Å². The van der Waals surface area contributed by atoms with Crippen molar-refractivity contribution < 1.29 is 0 Å². The second-order valence-corrected chi connectivity index (χ2v) is 6.81. The first-order valence-electron chi connectivity index (χ1n) is 8.75. The quantitative estimate of drug-likeness (QED) is 0.568. The zero-order valence-electron chi connectivity index (χ0n) is 14.3. The molecule has 0 unspecified atom stereocenters. The average Bonchev–Trinajstić information content (AvgIpc) is 2.57. The lowest BCUT2D eigenvalue weighted by Crippen LogP contribution is -2.23. The number of hydrogen-bond donors (Lipinski definition) is 1. The van der Waals surface area contributed by atoms with Crippen LogP contribution in [0.1, 0.15) is 39.5 Å². The molecule has 0 saturated heterocycles. The summed E-state index contributed by atoms with van der Waals surface area (Å²) in [4.78, 5) is 7.03. The highest BCUT2D eigenvalue weighted by atomic mass is 79.9. The molecule has 0 aliphatic rings. The van der Waals surface area contributed by atoms with Gasteiger partial charge in [0.05, 0.1) is 11.2 Å². The third-order valence-electron chi connectivity index (χ3n) is 4.29. The monoisotopic (exact) mass is 377 g/mol. The van der Waals surface area contributed by atoms with E-state index in [0.29, 0.717) is 0 Å². The first kappa shape index (κ1) is 18.2. The zero-order chi connectivity index (χ0) is 16.5. The molecule has 0 bridgehead atoms. The van der Waals surface area contributed by atoms with Crippen molar-refractivity contribution in [1.82, 2.24) is 9.88 Å². The third-order valence-corrected chi connectivity index (χ3v) is 4.72. The Morgan fingerprint density at radius 2 is 1.87 bits per heavy atom. The topological polar surface area (TPSA) is 28.2 Å². The van der Waals surface area contributed by atoms with Gasteiger partial charge in [0.2, 0.25) is 0 Å². The fourth-order valence-corrected chi connectivity index (χ4v) is 3.20. The van der Waals surface area contributed by atoms with Crippen LogP contribution in [0.25, 0.3) is 10.9 Å². The van der Waals surface area contributed by atoms with Crippen LogP contribution >= 0.6 is 15.9 Å². The van der Waals surface area contributed by atoms with Gasteiger partial charge in [0.15, 0.2) is 0 Å². The molecule has 0 saturated carbocycles. The highest BCUT2D eigenvalue weighted by Gasteiger charge is 2.02. The van der Waals surface area contributed by atoms with Crippen molar-refractivity contribution in [3.05, 3.63) is 34.9 Å². The van der Waals surface area contributed by atoms with E-state index in [2.05, 4.69) is 69.2 Å². The van der Waals surface area contributed by atoms with E-state index in [1.54, 1.807) is 0 Å². The van der Waals surface area contributed by atoms with Crippen LogP contribution in [0.15, 0.2) is 34.9 Å². The van der Waals surface area contributed by atoms with Crippen LogP contribution in [-0.4, -0.2) is 36.1 Å². The Labute approximate surface area is 148 Å². The molecule has 1 aromatic carbocycles. The molecule has 0 spiro atoms. The molecule has 4 heteroatoms. The van der Waals surface area contributed by atoms with Gasteiger partial charge in [-0.2, -0.15) is 0 Å². The molecule has 23 heavy (non-hydrogen) atoms. The molecule has 1 N–H and O–H groups in total. The van der Waals surface area contributed by atoms with E-state index in [0.717, 1.165) is 22.2 Å². The molecule has 0 atom stereocenters. The molecule has 3 nitrogen and oxygen atoms in total. The first-order chi connectivity index (χ1) is 11.2. The SMILES string of the molecule is CCN(CC)CCCCCCNc1cccc2cc(Br)cnc12. The number of aromatic nitrogens is 1. The number of nitrogens with zero attached hydrogens (tertiary/aromatic N) is 2. The van der Waals surface area contributed by atoms with E-state index in [-0.39, 0.29) is 0 Å². The maximum Gasteiger partial charge on any atom is 0.0934 e. The molecule has 0 aliphatic heterocycles. The highest BCUT2D eigenvalue weighted by molar-refractivity contribution is 9.10. The van der Waals surface area contributed by atoms with Crippen LogP contribution in [-0.2, 0) is 0 Å². The van der Waals surface area contributed by atoms with E-state index < -0.39 is 0 Å². The van der Waals surface area contributed by atoms with Crippen LogP contribution in [0.5, 0.6) is 0 Å². The highest BCUT2D eigenvalue weighted by Crippen LogP contribution is 2.23. The van der Waals surface area contributed by atoms with Crippen LogP contribution in [0.4, 0.5) is 5.69 Å². The first-order valence-corrected chi connectivity index (χ1v) is 9.54. The zero-order valence-corrected chi connectivity index (χ0v) is 15.9. The molecule has 1 aromatic heterocycles. The molecule has 0 fully saturated rings.